The van der Waals surface area contributed by atoms with Crippen LogP contribution in [0.25, 0.3) is 0 Å². The third kappa shape index (κ3) is 6.33. The maximum absolute atomic E-state index is 4.88. The van der Waals surface area contributed by atoms with Crippen LogP contribution in [0.5, 0.6) is 0 Å². The predicted octanol–water partition coefficient (Wildman–Crippen LogP) is 8.37. The highest BCUT2D eigenvalue weighted by Crippen LogP contribution is 2.27. The minimum Gasteiger partial charge on any atom is -0.363 e. The van der Waals surface area contributed by atoms with Gasteiger partial charge in [-0.25, -0.2) is 5.01 Å². The molecule has 37 heavy (non-hydrogen) atoms. The molecule has 3 nitrogen and oxygen atoms in total. The molecule has 0 aliphatic carbocycles. The lowest BCUT2D eigenvalue weighted by molar-refractivity contribution is 0.796. The van der Waals surface area contributed by atoms with Gasteiger partial charge in [-0.1, -0.05) is 103 Å². The molecule has 0 heterocycles. The van der Waals surface area contributed by atoms with Crippen LogP contribution in [0.1, 0.15) is 22.3 Å². The van der Waals surface area contributed by atoms with E-state index in [9.17, 15) is 0 Å². The molecule has 0 atom stereocenters. The highest BCUT2D eigenvalue weighted by Gasteiger charge is 2.12. The van der Waals surface area contributed by atoms with Gasteiger partial charge in [-0.3, -0.25) is 0 Å². The Morgan fingerprint density at radius 1 is 0.568 bits per heavy atom. The molecular weight excluding hydrogens is 450 g/mol. The molecule has 0 saturated carbocycles. The zero-order valence-corrected chi connectivity index (χ0v) is 21.1. The summed E-state index contributed by atoms with van der Waals surface area (Å²) in [5.41, 5.74) is 8.16. The zero-order chi connectivity index (χ0) is 25.3. The second-order valence-electron chi connectivity index (χ2n) is 9.10. The van der Waals surface area contributed by atoms with Crippen molar-refractivity contribution in [1.82, 2.24) is 0 Å². The van der Waals surface area contributed by atoms with Crippen molar-refractivity contribution in [1.29, 1.82) is 0 Å². The summed E-state index contributed by atoms with van der Waals surface area (Å²) in [5, 5.41) is 6.85. The van der Waals surface area contributed by atoms with Crippen molar-refractivity contribution in [2.24, 2.45) is 5.10 Å². The molecule has 0 amide bonds. The van der Waals surface area contributed by atoms with Crippen LogP contribution in [0.3, 0.4) is 0 Å². The quantitative estimate of drug-likeness (QED) is 0.156. The van der Waals surface area contributed by atoms with Crippen LogP contribution >= 0.6 is 0 Å². The number of hydrogen-bond acceptors (Lipinski definition) is 3. The summed E-state index contributed by atoms with van der Waals surface area (Å²) in [5.74, 6) is 0. The van der Waals surface area contributed by atoms with E-state index in [1.54, 1.807) is 0 Å². The molecule has 0 aromatic heterocycles. The van der Waals surface area contributed by atoms with E-state index in [1.165, 1.54) is 22.4 Å². The standard InChI is InChI=1S/C34H31N3/c1-28-24-31(25-35-37(32-18-10-4-11-19-32)33-20-12-5-13-21-33)22-23-34(28)36(26-29-14-6-2-7-15-29)27-30-16-8-3-9-17-30/h2-25H,26-27H2,1H3/b35-25-. The van der Waals surface area contributed by atoms with E-state index in [-0.39, 0.29) is 0 Å². The summed E-state index contributed by atoms with van der Waals surface area (Å²) >= 11 is 0. The van der Waals surface area contributed by atoms with E-state index >= 15 is 0 Å². The normalized spacial score (nSPS) is 10.9. The Hall–Kier alpha value is -4.63. The van der Waals surface area contributed by atoms with Crippen LogP contribution in [0.4, 0.5) is 17.1 Å². The minimum absolute atomic E-state index is 0.847. The van der Waals surface area contributed by atoms with E-state index in [0.29, 0.717) is 0 Å². The molecule has 0 N–H and O–H groups in total. The largest absolute Gasteiger partial charge is 0.363 e. The molecule has 5 aromatic rings. The molecule has 0 fully saturated rings. The Kier molecular flexibility index (Phi) is 7.73. The number of hydrazone groups is 1. The molecule has 0 aliphatic rings. The van der Waals surface area contributed by atoms with Crippen LogP contribution in [0.2, 0.25) is 0 Å². The molecule has 0 bridgehead atoms. The van der Waals surface area contributed by atoms with Crippen molar-refractivity contribution in [2.45, 2.75) is 20.0 Å². The average molecular weight is 482 g/mol. The average Bonchev–Trinajstić information content (AvgIpc) is 2.95. The maximum Gasteiger partial charge on any atom is 0.0652 e. The van der Waals surface area contributed by atoms with Crippen molar-refractivity contribution in [3.05, 3.63) is 162 Å². The van der Waals surface area contributed by atoms with Gasteiger partial charge >= 0.3 is 0 Å². The zero-order valence-electron chi connectivity index (χ0n) is 21.1. The first-order valence-electron chi connectivity index (χ1n) is 12.6. The van der Waals surface area contributed by atoms with Gasteiger partial charge in [0, 0.05) is 18.8 Å². The fourth-order valence-electron chi connectivity index (χ4n) is 4.49. The molecule has 0 radical (unpaired) electrons. The number of aryl methyl sites for hydroxylation is 1. The van der Waals surface area contributed by atoms with E-state index in [0.717, 1.165) is 30.0 Å². The molecule has 0 spiro atoms. The van der Waals surface area contributed by atoms with Gasteiger partial charge in [0.1, 0.15) is 0 Å². The molecular formula is C34H31N3. The summed E-state index contributed by atoms with van der Waals surface area (Å²) in [4.78, 5) is 2.45. The maximum atomic E-state index is 4.88. The Labute approximate surface area is 220 Å². The van der Waals surface area contributed by atoms with Crippen molar-refractivity contribution in [2.75, 3.05) is 9.91 Å². The highest BCUT2D eigenvalue weighted by molar-refractivity contribution is 5.83. The highest BCUT2D eigenvalue weighted by atomic mass is 15.5. The topological polar surface area (TPSA) is 18.8 Å². The molecule has 0 aliphatic heterocycles. The Bertz CT molecular complexity index is 1330. The van der Waals surface area contributed by atoms with Gasteiger partial charge in [0.2, 0.25) is 0 Å². The van der Waals surface area contributed by atoms with Gasteiger partial charge in [0.25, 0.3) is 0 Å². The van der Waals surface area contributed by atoms with Crippen molar-refractivity contribution in [3.8, 4) is 0 Å². The summed E-state index contributed by atoms with van der Waals surface area (Å²) in [7, 11) is 0. The molecule has 0 saturated heterocycles. The number of anilines is 3. The van der Waals surface area contributed by atoms with Gasteiger partial charge in [0.05, 0.1) is 17.6 Å². The van der Waals surface area contributed by atoms with Crippen molar-refractivity contribution >= 4 is 23.3 Å². The monoisotopic (exact) mass is 481 g/mol. The summed E-state index contributed by atoms with van der Waals surface area (Å²) in [6, 6.07) is 48.4. The minimum atomic E-state index is 0.847. The number of rotatable bonds is 9. The predicted molar refractivity (Wildman–Crippen MR) is 157 cm³/mol. The Morgan fingerprint density at radius 2 is 1.03 bits per heavy atom. The SMILES string of the molecule is Cc1cc(/C=N\N(c2ccccc2)c2ccccc2)ccc1N(Cc1ccccc1)Cc1ccccc1. The third-order valence-electron chi connectivity index (χ3n) is 6.32. The number of hydrogen-bond donors (Lipinski definition) is 0. The van der Waals surface area contributed by atoms with Crippen molar-refractivity contribution in [3.63, 3.8) is 0 Å². The van der Waals surface area contributed by atoms with Crippen molar-refractivity contribution < 1.29 is 0 Å². The molecule has 5 aromatic carbocycles. The third-order valence-corrected chi connectivity index (χ3v) is 6.32. The summed E-state index contributed by atoms with van der Waals surface area (Å²) in [6.45, 7) is 3.88. The molecule has 0 unspecified atom stereocenters. The number of para-hydroxylation sites is 2. The Morgan fingerprint density at radius 3 is 1.49 bits per heavy atom. The van der Waals surface area contributed by atoms with Crippen LogP contribution in [0.15, 0.2) is 145 Å². The summed E-state index contributed by atoms with van der Waals surface area (Å²) < 4.78 is 0. The lowest BCUT2D eigenvalue weighted by Crippen LogP contribution is -2.23. The van der Waals surface area contributed by atoms with Gasteiger partial charge in [-0.05, 0) is 65.6 Å². The second-order valence-corrected chi connectivity index (χ2v) is 9.10. The van der Waals surface area contributed by atoms with Crippen LogP contribution in [-0.2, 0) is 13.1 Å². The molecule has 182 valence electrons. The Balaban J connectivity index is 1.42. The number of benzene rings is 5. The van der Waals surface area contributed by atoms with E-state index < -0.39 is 0 Å². The van der Waals surface area contributed by atoms with E-state index in [2.05, 4.69) is 115 Å². The smallest absolute Gasteiger partial charge is 0.0652 e. The van der Waals surface area contributed by atoms with Crippen LogP contribution in [0, 0.1) is 6.92 Å². The fourth-order valence-corrected chi connectivity index (χ4v) is 4.49. The lowest BCUT2D eigenvalue weighted by atomic mass is 10.1. The van der Waals surface area contributed by atoms with Crippen LogP contribution < -0.4 is 9.91 Å². The number of nitrogens with zero attached hydrogens (tertiary/aromatic N) is 3. The van der Waals surface area contributed by atoms with E-state index in [1.807, 2.05) is 47.6 Å². The first-order chi connectivity index (χ1) is 18.3. The van der Waals surface area contributed by atoms with Gasteiger partial charge < -0.3 is 4.90 Å². The van der Waals surface area contributed by atoms with Gasteiger partial charge in [-0.2, -0.15) is 5.10 Å². The second kappa shape index (κ2) is 11.9. The first-order valence-corrected chi connectivity index (χ1v) is 12.6. The van der Waals surface area contributed by atoms with Gasteiger partial charge in [-0.15, -0.1) is 0 Å². The summed E-state index contributed by atoms with van der Waals surface area (Å²) in [6.07, 6.45) is 1.94. The van der Waals surface area contributed by atoms with Crippen LogP contribution in [-0.4, -0.2) is 6.21 Å². The van der Waals surface area contributed by atoms with Gasteiger partial charge in [0.15, 0.2) is 0 Å². The lowest BCUT2D eigenvalue weighted by Gasteiger charge is -2.27. The first kappa shape index (κ1) is 24.1. The fraction of sp³-hybridized carbons (Fsp3) is 0.0882. The van der Waals surface area contributed by atoms with E-state index in [4.69, 9.17) is 5.10 Å². The molecule has 3 heteroatoms. The molecule has 5 rings (SSSR count).